The van der Waals surface area contributed by atoms with Crippen molar-refractivity contribution in [3.8, 4) is 5.88 Å². The summed E-state index contributed by atoms with van der Waals surface area (Å²) in [5.41, 5.74) is 6.45. The zero-order valence-corrected chi connectivity index (χ0v) is 11.7. The molecule has 0 aliphatic heterocycles. The quantitative estimate of drug-likeness (QED) is 0.632. The molecule has 1 aromatic rings. The van der Waals surface area contributed by atoms with Gasteiger partial charge in [-0.1, -0.05) is 25.4 Å². The van der Waals surface area contributed by atoms with Crippen LogP contribution in [-0.2, 0) is 6.54 Å². The summed E-state index contributed by atoms with van der Waals surface area (Å²) < 4.78 is 5.49. The molecule has 0 atom stereocenters. The van der Waals surface area contributed by atoms with Crippen molar-refractivity contribution in [2.75, 3.05) is 13.7 Å². The van der Waals surface area contributed by atoms with E-state index < -0.39 is 0 Å². The number of nitrogens with zero attached hydrogens (tertiary/aromatic N) is 2. The van der Waals surface area contributed by atoms with Gasteiger partial charge in [-0.2, -0.15) is 0 Å². The first-order valence-corrected chi connectivity index (χ1v) is 6.14. The number of hydrogen-bond donors (Lipinski definition) is 2. The lowest BCUT2D eigenvalue weighted by molar-refractivity contribution is 0.261. The third-order valence-electron chi connectivity index (χ3n) is 2.13. The van der Waals surface area contributed by atoms with Gasteiger partial charge in [0, 0.05) is 19.8 Å². The van der Waals surface area contributed by atoms with Gasteiger partial charge in [0.25, 0.3) is 0 Å². The molecule has 0 spiro atoms. The van der Waals surface area contributed by atoms with Crippen molar-refractivity contribution >= 4 is 17.6 Å². The molecule has 1 heterocycles. The summed E-state index contributed by atoms with van der Waals surface area (Å²) in [7, 11) is 1.62. The lowest BCUT2D eigenvalue weighted by Gasteiger charge is -2.10. The van der Waals surface area contributed by atoms with Crippen LogP contribution in [0.2, 0.25) is 5.02 Å². The monoisotopic (exact) mass is 270 g/mol. The van der Waals surface area contributed by atoms with Crippen LogP contribution in [0.5, 0.6) is 5.88 Å². The van der Waals surface area contributed by atoms with Gasteiger partial charge in [0.1, 0.15) is 5.02 Å². The molecule has 0 saturated heterocycles. The van der Waals surface area contributed by atoms with Gasteiger partial charge in [-0.15, -0.1) is 0 Å². The highest BCUT2D eigenvalue weighted by Gasteiger charge is 2.06. The molecule has 5 nitrogen and oxygen atoms in total. The van der Waals surface area contributed by atoms with Crippen LogP contribution in [0.1, 0.15) is 19.4 Å². The average molecular weight is 271 g/mol. The first-order valence-electron chi connectivity index (χ1n) is 5.76. The number of rotatable bonds is 5. The molecule has 3 N–H and O–H groups in total. The Hall–Kier alpha value is -1.49. The van der Waals surface area contributed by atoms with Crippen LogP contribution in [0, 0.1) is 5.92 Å². The number of pyridine rings is 1. The average Bonchev–Trinajstić information content (AvgIpc) is 2.34. The summed E-state index contributed by atoms with van der Waals surface area (Å²) >= 11 is 6.09. The number of aliphatic imine (C=N–C) groups is 1. The minimum Gasteiger partial charge on any atom is -0.476 e. The maximum Gasteiger partial charge on any atom is 0.232 e. The SMILES string of the molecule is CN=C(N)NCc1cnc(OCC(C)C)c(Cl)c1. The first kappa shape index (κ1) is 14.6. The molecule has 1 aromatic heterocycles. The highest BCUT2D eigenvalue weighted by Crippen LogP contribution is 2.22. The molecular formula is C12H19ClN4O. The fourth-order valence-electron chi connectivity index (χ4n) is 1.19. The van der Waals surface area contributed by atoms with Crippen molar-refractivity contribution in [3.05, 3.63) is 22.8 Å². The van der Waals surface area contributed by atoms with Crippen LogP contribution in [-0.4, -0.2) is 24.6 Å². The second kappa shape index (κ2) is 7.06. The van der Waals surface area contributed by atoms with Crippen molar-refractivity contribution in [3.63, 3.8) is 0 Å². The van der Waals surface area contributed by atoms with Crippen LogP contribution < -0.4 is 15.8 Å². The predicted octanol–water partition coefficient (Wildman–Crippen LogP) is 1.80. The fourth-order valence-corrected chi connectivity index (χ4v) is 1.43. The molecule has 0 saturated carbocycles. The van der Waals surface area contributed by atoms with Crippen molar-refractivity contribution in [1.82, 2.24) is 10.3 Å². The highest BCUT2D eigenvalue weighted by molar-refractivity contribution is 6.31. The van der Waals surface area contributed by atoms with E-state index in [9.17, 15) is 0 Å². The van der Waals surface area contributed by atoms with Gasteiger partial charge in [-0.05, 0) is 17.5 Å². The van der Waals surface area contributed by atoms with E-state index in [1.54, 1.807) is 19.3 Å². The summed E-state index contributed by atoms with van der Waals surface area (Å²) in [4.78, 5) is 7.98. The van der Waals surface area contributed by atoms with E-state index in [2.05, 4.69) is 29.1 Å². The molecule has 1 rings (SSSR count). The van der Waals surface area contributed by atoms with Crippen molar-refractivity contribution < 1.29 is 4.74 Å². The smallest absolute Gasteiger partial charge is 0.232 e. The third-order valence-corrected chi connectivity index (χ3v) is 2.40. The molecule has 0 radical (unpaired) electrons. The molecule has 6 heteroatoms. The standard InChI is InChI=1S/C12H19ClN4O/c1-8(2)7-18-11-10(13)4-9(5-16-11)6-17-12(14)15-3/h4-5,8H,6-7H2,1-3H3,(H3,14,15,17). The topological polar surface area (TPSA) is 72.5 Å². The number of ether oxygens (including phenoxy) is 1. The van der Waals surface area contributed by atoms with Crippen molar-refractivity contribution in [2.24, 2.45) is 16.6 Å². The Bertz CT molecular complexity index is 421. The number of nitrogens with one attached hydrogen (secondary N) is 1. The summed E-state index contributed by atoms with van der Waals surface area (Å²) in [6.07, 6.45) is 1.71. The van der Waals surface area contributed by atoms with E-state index in [1.165, 1.54) is 0 Å². The molecule has 18 heavy (non-hydrogen) atoms. The van der Waals surface area contributed by atoms with Crippen LogP contribution >= 0.6 is 11.6 Å². The molecular weight excluding hydrogens is 252 g/mol. The Kier molecular flexibility index (Phi) is 5.71. The molecule has 0 aliphatic carbocycles. The molecule has 0 aliphatic rings. The lowest BCUT2D eigenvalue weighted by atomic mass is 10.2. The fraction of sp³-hybridized carbons (Fsp3) is 0.500. The minimum atomic E-state index is 0.381. The predicted molar refractivity (Wildman–Crippen MR) is 74.0 cm³/mol. The lowest BCUT2D eigenvalue weighted by Crippen LogP contribution is -2.30. The largest absolute Gasteiger partial charge is 0.476 e. The Morgan fingerprint density at radius 1 is 1.61 bits per heavy atom. The van der Waals surface area contributed by atoms with E-state index in [1.807, 2.05) is 0 Å². The van der Waals surface area contributed by atoms with Gasteiger partial charge in [0.05, 0.1) is 6.61 Å². The number of hydrogen-bond acceptors (Lipinski definition) is 3. The van der Waals surface area contributed by atoms with Crippen molar-refractivity contribution in [1.29, 1.82) is 0 Å². The van der Waals surface area contributed by atoms with Crippen molar-refractivity contribution in [2.45, 2.75) is 20.4 Å². The normalized spacial score (nSPS) is 11.7. The second-order valence-electron chi connectivity index (χ2n) is 4.30. The van der Waals surface area contributed by atoms with Crippen LogP contribution in [0.3, 0.4) is 0 Å². The Morgan fingerprint density at radius 2 is 2.33 bits per heavy atom. The van der Waals surface area contributed by atoms with Crippen LogP contribution in [0.15, 0.2) is 17.3 Å². The van der Waals surface area contributed by atoms with Gasteiger partial charge in [0.2, 0.25) is 5.88 Å². The van der Waals surface area contributed by atoms with Gasteiger partial charge >= 0.3 is 0 Å². The second-order valence-corrected chi connectivity index (χ2v) is 4.70. The van der Waals surface area contributed by atoms with Crippen LogP contribution in [0.25, 0.3) is 0 Å². The van der Waals surface area contributed by atoms with E-state index in [4.69, 9.17) is 22.1 Å². The molecule has 0 aromatic carbocycles. The molecule has 0 fully saturated rings. The number of guanidine groups is 1. The molecule has 0 bridgehead atoms. The first-order chi connectivity index (χ1) is 8.52. The zero-order valence-electron chi connectivity index (χ0n) is 10.9. The number of nitrogens with two attached hydrogens (primary N) is 1. The van der Waals surface area contributed by atoms with Crippen LogP contribution in [0.4, 0.5) is 0 Å². The summed E-state index contributed by atoms with van der Waals surface area (Å²) in [5, 5.41) is 3.44. The molecule has 100 valence electrons. The van der Waals surface area contributed by atoms with E-state index in [-0.39, 0.29) is 0 Å². The Labute approximate surface area is 112 Å². The van der Waals surface area contributed by atoms with Gasteiger partial charge in [-0.3, -0.25) is 4.99 Å². The Balaban J connectivity index is 2.61. The van der Waals surface area contributed by atoms with Gasteiger partial charge in [0.15, 0.2) is 5.96 Å². The molecule has 0 amide bonds. The van der Waals surface area contributed by atoms with E-state index in [0.717, 1.165) is 5.56 Å². The molecule has 0 unspecified atom stereocenters. The zero-order chi connectivity index (χ0) is 13.5. The highest BCUT2D eigenvalue weighted by atomic mass is 35.5. The maximum absolute atomic E-state index is 6.09. The van der Waals surface area contributed by atoms with Gasteiger partial charge in [-0.25, -0.2) is 4.98 Å². The minimum absolute atomic E-state index is 0.381. The van der Waals surface area contributed by atoms with E-state index >= 15 is 0 Å². The summed E-state index contributed by atoms with van der Waals surface area (Å²) in [6.45, 7) is 5.26. The Morgan fingerprint density at radius 3 is 2.89 bits per heavy atom. The number of aromatic nitrogens is 1. The van der Waals surface area contributed by atoms with Gasteiger partial charge < -0.3 is 15.8 Å². The number of halogens is 1. The summed E-state index contributed by atoms with van der Waals surface area (Å²) in [5.74, 6) is 1.28. The third kappa shape index (κ3) is 4.79. The van der Waals surface area contributed by atoms with E-state index in [0.29, 0.717) is 35.9 Å². The maximum atomic E-state index is 6.09. The summed E-state index contributed by atoms with van der Waals surface area (Å²) in [6, 6.07) is 1.81.